The van der Waals surface area contributed by atoms with Gasteiger partial charge in [0.2, 0.25) is 5.91 Å². The summed E-state index contributed by atoms with van der Waals surface area (Å²) in [7, 11) is 0. The number of imidazole rings is 1. The summed E-state index contributed by atoms with van der Waals surface area (Å²) in [6.45, 7) is 2.41. The van der Waals surface area contributed by atoms with E-state index in [0.29, 0.717) is 30.0 Å². The highest BCUT2D eigenvalue weighted by atomic mass is 19.1. The van der Waals surface area contributed by atoms with E-state index in [9.17, 15) is 14.0 Å². The van der Waals surface area contributed by atoms with Crippen LogP contribution in [-0.2, 0) is 17.8 Å². The second-order valence-corrected chi connectivity index (χ2v) is 7.53. The highest BCUT2D eigenvalue weighted by molar-refractivity contribution is 5.94. The molecule has 0 unspecified atom stereocenters. The zero-order valence-electron chi connectivity index (χ0n) is 17.6. The molecule has 0 atom stereocenters. The van der Waals surface area contributed by atoms with E-state index in [1.54, 1.807) is 12.1 Å². The number of benzene rings is 3. The third-order valence-electron chi connectivity index (χ3n) is 5.11. The van der Waals surface area contributed by atoms with Crippen molar-refractivity contribution in [1.82, 2.24) is 14.9 Å². The number of nitrogens with one attached hydrogen (secondary N) is 2. The molecule has 0 bridgehead atoms. The van der Waals surface area contributed by atoms with Gasteiger partial charge in [-0.1, -0.05) is 29.8 Å². The van der Waals surface area contributed by atoms with Crippen LogP contribution in [0.15, 0.2) is 72.8 Å². The molecule has 0 aliphatic rings. The molecular formula is C25H23FN4O2. The van der Waals surface area contributed by atoms with Crippen molar-refractivity contribution in [2.75, 3.05) is 11.9 Å². The SMILES string of the molecule is Cc1ccc(C(=O)NCCc2nc3ccccc3n2CC(=O)Nc2ccc(F)cc2)cc1. The third-order valence-corrected chi connectivity index (χ3v) is 5.11. The summed E-state index contributed by atoms with van der Waals surface area (Å²) in [5.41, 5.74) is 3.83. The van der Waals surface area contributed by atoms with Crippen molar-refractivity contribution in [2.24, 2.45) is 0 Å². The van der Waals surface area contributed by atoms with Crippen LogP contribution in [0.1, 0.15) is 21.7 Å². The van der Waals surface area contributed by atoms with Crippen LogP contribution in [-0.4, -0.2) is 27.9 Å². The Balaban J connectivity index is 1.46. The van der Waals surface area contributed by atoms with Crippen LogP contribution in [0.2, 0.25) is 0 Å². The number of halogens is 1. The molecule has 1 aromatic heterocycles. The first kappa shape index (κ1) is 21.2. The number of amides is 2. The number of nitrogens with zero attached hydrogens (tertiary/aromatic N) is 2. The van der Waals surface area contributed by atoms with Gasteiger partial charge in [-0.2, -0.15) is 0 Å². The molecule has 3 aromatic carbocycles. The van der Waals surface area contributed by atoms with Crippen LogP contribution >= 0.6 is 0 Å². The Kier molecular flexibility index (Phi) is 6.26. The number of aromatic nitrogens is 2. The maximum atomic E-state index is 13.1. The fourth-order valence-electron chi connectivity index (χ4n) is 3.46. The Hall–Kier alpha value is -4.00. The third kappa shape index (κ3) is 5.00. The predicted octanol–water partition coefficient (Wildman–Crippen LogP) is 4.10. The maximum Gasteiger partial charge on any atom is 0.251 e. The van der Waals surface area contributed by atoms with Gasteiger partial charge in [0.1, 0.15) is 18.2 Å². The van der Waals surface area contributed by atoms with Gasteiger partial charge >= 0.3 is 0 Å². The molecule has 0 aliphatic carbocycles. The molecule has 0 aliphatic heterocycles. The first-order chi connectivity index (χ1) is 15.5. The first-order valence-electron chi connectivity index (χ1n) is 10.3. The van der Waals surface area contributed by atoms with Crippen molar-refractivity contribution in [3.63, 3.8) is 0 Å². The Morgan fingerprint density at radius 3 is 2.44 bits per heavy atom. The first-order valence-corrected chi connectivity index (χ1v) is 10.3. The van der Waals surface area contributed by atoms with Crippen LogP contribution in [0.3, 0.4) is 0 Å². The number of hydrogen-bond donors (Lipinski definition) is 2. The zero-order chi connectivity index (χ0) is 22.5. The van der Waals surface area contributed by atoms with E-state index in [2.05, 4.69) is 15.6 Å². The van der Waals surface area contributed by atoms with E-state index in [1.165, 1.54) is 24.3 Å². The van der Waals surface area contributed by atoms with E-state index >= 15 is 0 Å². The number of carbonyl (C=O) groups is 2. The highest BCUT2D eigenvalue weighted by Crippen LogP contribution is 2.17. The lowest BCUT2D eigenvalue weighted by atomic mass is 10.1. The van der Waals surface area contributed by atoms with Gasteiger partial charge in [0.15, 0.2) is 0 Å². The Bertz CT molecular complexity index is 1250. The maximum absolute atomic E-state index is 13.1. The second kappa shape index (κ2) is 9.43. The van der Waals surface area contributed by atoms with Gasteiger partial charge in [0, 0.05) is 24.2 Å². The molecule has 7 heteroatoms. The van der Waals surface area contributed by atoms with Crippen molar-refractivity contribution in [3.05, 3.63) is 95.6 Å². The van der Waals surface area contributed by atoms with Crippen molar-refractivity contribution in [1.29, 1.82) is 0 Å². The molecule has 0 saturated carbocycles. The van der Waals surface area contributed by atoms with Gasteiger partial charge in [-0.15, -0.1) is 0 Å². The van der Waals surface area contributed by atoms with E-state index in [1.807, 2.05) is 47.9 Å². The summed E-state index contributed by atoms with van der Waals surface area (Å²) in [5, 5.41) is 5.68. The molecule has 1 heterocycles. The fraction of sp³-hybridized carbons (Fsp3) is 0.160. The van der Waals surface area contributed by atoms with Crippen molar-refractivity contribution in [2.45, 2.75) is 19.9 Å². The van der Waals surface area contributed by atoms with Crippen LogP contribution < -0.4 is 10.6 Å². The minimum atomic E-state index is -0.362. The Labute approximate surface area is 185 Å². The van der Waals surface area contributed by atoms with Gasteiger partial charge < -0.3 is 15.2 Å². The summed E-state index contributed by atoms with van der Waals surface area (Å²) >= 11 is 0. The van der Waals surface area contributed by atoms with E-state index < -0.39 is 0 Å². The van der Waals surface area contributed by atoms with Gasteiger partial charge in [-0.25, -0.2) is 9.37 Å². The molecule has 4 rings (SSSR count). The largest absolute Gasteiger partial charge is 0.352 e. The van der Waals surface area contributed by atoms with Crippen LogP contribution in [0.25, 0.3) is 11.0 Å². The predicted molar refractivity (Wildman–Crippen MR) is 122 cm³/mol. The molecule has 2 N–H and O–H groups in total. The van der Waals surface area contributed by atoms with E-state index in [0.717, 1.165) is 16.6 Å². The van der Waals surface area contributed by atoms with E-state index in [-0.39, 0.29) is 24.2 Å². The monoisotopic (exact) mass is 430 g/mol. The number of aryl methyl sites for hydroxylation is 1. The average Bonchev–Trinajstić information content (AvgIpc) is 3.13. The summed E-state index contributed by atoms with van der Waals surface area (Å²) < 4.78 is 14.9. The molecule has 0 spiro atoms. The Morgan fingerprint density at radius 1 is 0.969 bits per heavy atom. The molecule has 0 saturated heterocycles. The zero-order valence-corrected chi connectivity index (χ0v) is 17.6. The molecule has 0 radical (unpaired) electrons. The second-order valence-electron chi connectivity index (χ2n) is 7.53. The highest BCUT2D eigenvalue weighted by Gasteiger charge is 2.14. The standard InChI is InChI=1S/C25H23FN4O2/c1-17-6-8-18(9-7-17)25(32)27-15-14-23-29-21-4-2-3-5-22(21)30(23)16-24(31)28-20-12-10-19(26)11-13-20/h2-13H,14-16H2,1H3,(H,27,32)(H,28,31). The van der Waals surface area contributed by atoms with Gasteiger partial charge in [-0.05, 0) is 55.5 Å². The molecule has 0 fully saturated rings. The number of para-hydroxylation sites is 2. The fourth-order valence-corrected chi connectivity index (χ4v) is 3.46. The molecule has 2 amide bonds. The molecule has 32 heavy (non-hydrogen) atoms. The van der Waals surface area contributed by atoms with Crippen LogP contribution in [0.5, 0.6) is 0 Å². The summed E-state index contributed by atoms with van der Waals surface area (Å²) in [6, 6.07) is 20.6. The lowest BCUT2D eigenvalue weighted by molar-refractivity contribution is -0.116. The van der Waals surface area contributed by atoms with Crippen molar-refractivity contribution >= 4 is 28.5 Å². The number of rotatable bonds is 7. The van der Waals surface area contributed by atoms with Crippen molar-refractivity contribution < 1.29 is 14.0 Å². The summed E-state index contributed by atoms with van der Waals surface area (Å²) in [5.74, 6) is -0.0605. The number of anilines is 1. The van der Waals surface area contributed by atoms with Gasteiger partial charge in [-0.3, -0.25) is 9.59 Å². The normalized spacial score (nSPS) is 10.8. The number of carbonyl (C=O) groups excluding carboxylic acids is 2. The van der Waals surface area contributed by atoms with E-state index in [4.69, 9.17) is 0 Å². The molecule has 4 aromatic rings. The van der Waals surface area contributed by atoms with Crippen LogP contribution in [0.4, 0.5) is 10.1 Å². The quantitative estimate of drug-likeness (QED) is 0.464. The van der Waals surface area contributed by atoms with Crippen LogP contribution in [0, 0.1) is 12.7 Å². The minimum Gasteiger partial charge on any atom is -0.352 e. The topological polar surface area (TPSA) is 76.0 Å². The summed E-state index contributed by atoms with van der Waals surface area (Å²) in [6.07, 6.45) is 0.468. The molecule has 162 valence electrons. The molecular weight excluding hydrogens is 407 g/mol. The minimum absolute atomic E-state index is 0.0547. The lowest BCUT2D eigenvalue weighted by Gasteiger charge is -2.11. The summed E-state index contributed by atoms with van der Waals surface area (Å²) in [4.78, 5) is 29.7. The molecule has 6 nitrogen and oxygen atoms in total. The Morgan fingerprint density at radius 2 is 1.69 bits per heavy atom. The average molecular weight is 430 g/mol. The smallest absolute Gasteiger partial charge is 0.251 e. The van der Waals surface area contributed by atoms with Gasteiger partial charge in [0.25, 0.3) is 5.91 Å². The number of fused-ring (bicyclic) bond motifs is 1. The lowest BCUT2D eigenvalue weighted by Crippen LogP contribution is -2.27. The van der Waals surface area contributed by atoms with Crippen molar-refractivity contribution in [3.8, 4) is 0 Å². The number of hydrogen-bond acceptors (Lipinski definition) is 3. The van der Waals surface area contributed by atoms with Gasteiger partial charge in [0.05, 0.1) is 11.0 Å².